The number of ether oxygens (including phenoxy) is 1. The van der Waals surface area contributed by atoms with Gasteiger partial charge in [-0.3, -0.25) is 9.59 Å². The number of amides is 2. The van der Waals surface area contributed by atoms with Gasteiger partial charge in [-0.2, -0.15) is 5.32 Å². The number of nitrogens with zero attached hydrogens (tertiary/aromatic N) is 1. The van der Waals surface area contributed by atoms with Crippen molar-refractivity contribution in [3.05, 3.63) is 0 Å². The molecule has 1 fully saturated rings. The first-order chi connectivity index (χ1) is 6.09. The molecule has 0 saturated carbocycles. The normalized spacial score (nSPS) is 22.5. The maximum Gasteiger partial charge on any atom is 0.254 e. The number of hydrogen-bond donors (Lipinski definition) is 0. The Kier molecular flexibility index (Phi) is 3.42. The largest absolute Gasteiger partial charge is 0.380 e. The highest BCUT2D eigenvalue weighted by atomic mass is 16.5. The molecule has 0 aromatic heterocycles. The monoisotopic (exact) mass is 184 g/mol. The lowest BCUT2D eigenvalue weighted by Crippen LogP contribution is -2.19. The Morgan fingerprint density at radius 3 is 2.69 bits per heavy atom. The molecular formula is C9H14NO3. The predicted octanol–water partition coefficient (Wildman–Crippen LogP) is 0.337. The third-order valence-corrected chi connectivity index (χ3v) is 1.78. The van der Waals surface area contributed by atoms with E-state index in [2.05, 4.69) is 5.32 Å². The minimum atomic E-state index is -0.328. The predicted molar refractivity (Wildman–Crippen MR) is 45.9 cm³/mol. The van der Waals surface area contributed by atoms with Gasteiger partial charge in [-0.25, -0.2) is 0 Å². The molecule has 13 heavy (non-hydrogen) atoms. The molecule has 0 aromatic carbocycles. The van der Waals surface area contributed by atoms with E-state index in [0.717, 1.165) is 0 Å². The molecule has 1 aliphatic rings. The van der Waals surface area contributed by atoms with Gasteiger partial charge in [0.15, 0.2) is 0 Å². The molecule has 1 radical (unpaired) electrons. The minimum absolute atomic E-state index is 0.219. The van der Waals surface area contributed by atoms with Gasteiger partial charge in [0.2, 0.25) is 5.91 Å². The second-order valence-electron chi connectivity index (χ2n) is 3.68. The van der Waals surface area contributed by atoms with Gasteiger partial charge in [0.1, 0.15) is 0 Å². The summed E-state index contributed by atoms with van der Waals surface area (Å²) in [5.74, 6) is -0.521. The third-order valence-electron chi connectivity index (χ3n) is 1.78. The van der Waals surface area contributed by atoms with Crippen molar-refractivity contribution in [2.75, 3.05) is 13.2 Å². The van der Waals surface area contributed by atoms with E-state index in [4.69, 9.17) is 4.74 Å². The topological polar surface area (TPSA) is 57.5 Å². The van der Waals surface area contributed by atoms with Gasteiger partial charge in [0.25, 0.3) is 5.91 Å². The van der Waals surface area contributed by atoms with E-state index in [-0.39, 0.29) is 24.2 Å². The number of rotatable bonds is 4. The van der Waals surface area contributed by atoms with Crippen molar-refractivity contribution in [1.82, 2.24) is 5.32 Å². The average Bonchev–Trinajstić information content (AvgIpc) is 2.29. The van der Waals surface area contributed by atoms with E-state index >= 15 is 0 Å². The van der Waals surface area contributed by atoms with Crippen LogP contribution < -0.4 is 5.32 Å². The molecule has 73 valence electrons. The van der Waals surface area contributed by atoms with Crippen molar-refractivity contribution in [1.29, 1.82) is 0 Å². The Labute approximate surface area is 77.6 Å². The van der Waals surface area contributed by atoms with Crippen molar-refractivity contribution >= 4 is 11.8 Å². The Morgan fingerprint density at radius 2 is 2.23 bits per heavy atom. The van der Waals surface area contributed by atoms with Crippen LogP contribution in [-0.4, -0.2) is 25.0 Å². The molecule has 4 nitrogen and oxygen atoms in total. The van der Waals surface area contributed by atoms with Gasteiger partial charge in [0.05, 0.1) is 12.5 Å². The van der Waals surface area contributed by atoms with Crippen LogP contribution in [0.3, 0.4) is 0 Å². The van der Waals surface area contributed by atoms with Crippen LogP contribution in [0, 0.1) is 11.8 Å². The van der Waals surface area contributed by atoms with Crippen LogP contribution in [0.2, 0.25) is 0 Å². The summed E-state index contributed by atoms with van der Waals surface area (Å²) in [4.78, 5) is 21.7. The molecule has 1 atom stereocenters. The second-order valence-corrected chi connectivity index (χ2v) is 3.68. The maximum atomic E-state index is 11.0. The van der Waals surface area contributed by atoms with E-state index in [1.165, 1.54) is 0 Å². The standard InChI is InChI=1S/C9H14NO3/c1-6(2)4-13-5-7-3-8(11)10-9(7)12/h6-7H,3-5H2,1-2H3. The van der Waals surface area contributed by atoms with E-state index in [1.807, 2.05) is 13.8 Å². The molecule has 0 aliphatic carbocycles. The zero-order chi connectivity index (χ0) is 9.84. The van der Waals surface area contributed by atoms with Crippen molar-refractivity contribution in [3.63, 3.8) is 0 Å². The van der Waals surface area contributed by atoms with E-state index < -0.39 is 0 Å². The molecule has 0 aromatic rings. The second kappa shape index (κ2) is 4.37. The molecule has 1 aliphatic heterocycles. The molecule has 1 heterocycles. The highest BCUT2D eigenvalue weighted by Crippen LogP contribution is 2.12. The quantitative estimate of drug-likeness (QED) is 0.592. The Balaban J connectivity index is 2.22. The van der Waals surface area contributed by atoms with Crippen LogP contribution in [0.1, 0.15) is 20.3 Å². The van der Waals surface area contributed by atoms with Crippen LogP contribution in [-0.2, 0) is 14.3 Å². The molecule has 1 saturated heterocycles. The molecule has 0 bridgehead atoms. The van der Waals surface area contributed by atoms with E-state index in [1.54, 1.807) is 0 Å². The highest BCUT2D eigenvalue weighted by molar-refractivity contribution is 6.03. The Bertz CT molecular complexity index is 213. The fraction of sp³-hybridized carbons (Fsp3) is 0.778. The molecular weight excluding hydrogens is 170 g/mol. The van der Waals surface area contributed by atoms with E-state index in [9.17, 15) is 9.59 Å². The molecule has 2 amide bonds. The van der Waals surface area contributed by atoms with Crippen LogP contribution in [0.4, 0.5) is 0 Å². The lowest BCUT2D eigenvalue weighted by Gasteiger charge is -2.08. The third kappa shape index (κ3) is 3.14. The molecule has 1 rings (SSSR count). The molecule has 4 heteroatoms. The summed E-state index contributed by atoms with van der Waals surface area (Å²) in [6.07, 6.45) is 0.219. The fourth-order valence-corrected chi connectivity index (χ4v) is 1.13. The molecule has 1 unspecified atom stereocenters. The zero-order valence-corrected chi connectivity index (χ0v) is 7.95. The van der Waals surface area contributed by atoms with Gasteiger partial charge in [-0.1, -0.05) is 13.8 Å². The SMILES string of the molecule is CC(C)COCC1CC(=O)[N]C1=O. The van der Waals surface area contributed by atoms with Crippen molar-refractivity contribution in [2.24, 2.45) is 11.8 Å². The maximum absolute atomic E-state index is 11.0. The average molecular weight is 184 g/mol. The van der Waals surface area contributed by atoms with Gasteiger partial charge >= 0.3 is 0 Å². The summed E-state index contributed by atoms with van der Waals surface area (Å²) >= 11 is 0. The summed E-state index contributed by atoms with van der Waals surface area (Å²) in [7, 11) is 0. The Hall–Kier alpha value is -0.900. The van der Waals surface area contributed by atoms with Gasteiger partial charge < -0.3 is 4.74 Å². The number of carbonyl (C=O) groups excluding carboxylic acids is 2. The minimum Gasteiger partial charge on any atom is -0.380 e. The van der Waals surface area contributed by atoms with Gasteiger partial charge in [-0.15, -0.1) is 0 Å². The number of hydrogen-bond acceptors (Lipinski definition) is 3. The van der Waals surface area contributed by atoms with Crippen LogP contribution in [0.15, 0.2) is 0 Å². The summed E-state index contributed by atoms with van der Waals surface area (Å²) < 4.78 is 5.26. The van der Waals surface area contributed by atoms with Crippen LogP contribution >= 0.6 is 0 Å². The summed E-state index contributed by atoms with van der Waals surface area (Å²) in [6, 6.07) is 0. The first-order valence-corrected chi connectivity index (χ1v) is 4.45. The number of imide groups is 1. The van der Waals surface area contributed by atoms with Crippen molar-refractivity contribution < 1.29 is 14.3 Å². The lowest BCUT2D eigenvalue weighted by atomic mass is 10.1. The summed E-state index contributed by atoms with van der Waals surface area (Å²) in [6.45, 7) is 5.02. The number of carbonyl (C=O) groups is 2. The summed E-state index contributed by atoms with van der Waals surface area (Å²) in [5.41, 5.74) is 0. The fourth-order valence-electron chi connectivity index (χ4n) is 1.13. The summed E-state index contributed by atoms with van der Waals surface area (Å²) in [5, 5.41) is 3.31. The Morgan fingerprint density at radius 1 is 1.54 bits per heavy atom. The van der Waals surface area contributed by atoms with Crippen LogP contribution in [0.25, 0.3) is 0 Å². The van der Waals surface area contributed by atoms with Gasteiger partial charge in [-0.05, 0) is 5.92 Å². The zero-order valence-electron chi connectivity index (χ0n) is 7.95. The van der Waals surface area contributed by atoms with E-state index in [0.29, 0.717) is 19.1 Å². The molecule has 0 spiro atoms. The van der Waals surface area contributed by atoms with Crippen LogP contribution in [0.5, 0.6) is 0 Å². The lowest BCUT2D eigenvalue weighted by molar-refractivity contribution is -0.127. The van der Waals surface area contributed by atoms with Crippen molar-refractivity contribution in [3.8, 4) is 0 Å². The first kappa shape index (κ1) is 10.2. The first-order valence-electron chi connectivity index (χ1n) is 4.45. The van der Waals surface area contributed by atoms with Gasteiger partial charge in [0, 0.05) is 13.0 Å². The smallest absolute Gasteiger partial charge is 0.254 e. The molecule has 0 N–H and O–H groups in total. The highest BCUT2D eigenvalue weighted by Gasteiger charge is 2.32. The van der Waals surface area contributed by atoms with Crippen molar-refractivity contribution in [2.45, 2.75) is 20.3 Å².